The summed E-state index contributed by atoms with van der Waals surface area (Å²) in [6.45, 7) is 0. The van der Waals surface area contributed by atoms with Gasteiger partial charge in [0.25, 0.3) is 5.66 Å². The fraction of sp³-hybridized carbons (Fsp3) is 0.0909. The Morgan fingerprint density at radius 3 is 2.33 bits per heavy atom. The van der Waals surface area contributed by atoms with Gasteiger partial charge in [-0.2, -0.15) is 13.2 Å². The van der Waals surface area contributed by atoms with Crippen LogP contribution in [0.5, 0.6) is 0 Å². The summed E-state index contributed by atoms with van der Waals surface area (Å²) in [6, 6.07) is 17.1. The lowest BCUT2D eigenvalue weighted by Gasteiger charge is -2.41. The molecule has 0 amide bonds. The normalized spacial score (nSPS) is 18.2. The molecule has 0 radical (unpaired) electrons. The number of para-hydroxylation sites is 3. The van der Waals surface area contributed by atoms with Crippen LogP contribution in [0.15, 0.2) is 72.8 Å². The smallest absolute Gasteiger partial charge is 0.348 e. The number of benzene rings is 3. The number of aromatic nitrogens is 2. The molecule has 1 aromatic heterocycles. The third-order valence-electron chi connectivity index (χ3n) is 5.20. The van der Waals surface area contributed by atoms with Crippen LogP contribution in [0.2, 0.25) is 0 Å². The van der Waals surface area contributed by atoms with Gasteiger partial charge in [-0.05, 0) is 42.5 Å². The quantitative estimate of drug-likeness (QED) is 0.452. The molecule has 3 aromatic carbocycles. The summed E-state index contributed by atoms with van der Waals surface area (Å²) in [5, 5.41) is 2.40. The number of nitrogens with one attached hydrogen (secondary N) is 1. The summed E-state index contributed by atoms with van der Waals surface area (Å²) < 4.78 is 59.2. The molecule has 0 saturated heterocycles. The molecule has 1 aliphatic rings. The zero-order chi connectivity index (χ0) is 21.1. The van der Waals surface area contributed by atoms with Gasteiger partial charge in [-0.1, -0.05) is 30.3 Å². The van der Waals surface area contributed by atoms with E-state index in [1.165, 1.54) is 24.3 Å². The number of anilines is 1. The summed E-state index contributed by atoms with van der Waals surface area (Å²) >= 11 is 0. The summed E-state index contributed by atoms with van der Waals surface area (Å²) in [4.78, 5) is 17.8. The third-order valence-corrected chi connectivity index (χ3v) is 5.20. The molecule has 1 atom stereocenters. The maximum Gasteiger partial charge on any atom is 0.438 e. The van der Waals surface area contributed by atoms with E-state index in [2.05, 4.69) is 10.3 Å². The van der Waals surface area contributed by atoms with Crippen molar-refractivity contribution in [3.8, 4) is 11.4 Å². The third kappa shape index (κ3) is 2.39. The van der Waals surface area contributed by atoms with Crippen molar-refractivity contribution in [2.75, 3.05) is 5.32 Å². The zero-order valence-corrected chi connectivity index (χ0v) is 15.2. The van der Waals surface area contributed by atoms with Crippen LogP contribution in [0.25, 0.3) is 22.4 Å². The number of hydrogen-bond acceptors (Lipinski definition) is 3. The SMILES string of the molecule is O=C1c2cc(F)ccc2-c2nc3ccccc3n2C1(Nc1ccccc1)C(F)(F)F. The van der Waals surface area contributed by atoms with Crippen LogP contribution < -0.4 is 5.32 Å². The van der Waals surface area contributed by atoms with Gasteiger partial charge in [0.2, 0.25) is 5.78 Å². The molecule has 0 spiro atoms. The van der Waals surface area contributed by atoms with Gasteiger partial charge in [0.1, 0.15) is 11.6 Å². The van der Waals surface area contributed by atoms with Gasteiger partial charge < -0.3 is 5.32 Å². The summed E-state index contributed by atoms with van der Waals surface area (Å²) in [5.74, 6) is -2.17. The molecule has 30 heavy (non-hydrogen) atoms. The molecule has 1 aliphatic heterocycles. The van der Waals surface area contributed by atoms with Gasteiger partial charge in [-0.15, -0.1) is 0 Å². The first-order chi connectivity index (χ1) is 14.3. The fourth-order valence-corrected chi connectivity index (χ4v) is 3.91. The van der Waals surface area contributed by atoms with E-state index < -0.39 is 23.4 Å². The minimum atomic E-state index is -5.07. The number of ketones is 1. The Kier molecular flexibility index (Phi) is 3.77. The lowest BCUT2D eigenvalue weighted by Crippen LogP contribution is -2.61. The van der Waals surface area contributed by atoms with Gasteiger partial charge >= 0.3 is 6.18 Å². The summed E-state index contributed by atoms with van der Waals surface area (Å²) in [5.41, 5.74) is -2.91. The Labute approximate surface area is 167 Å². The van der Waals surface area contributed by atoms with Crippen molar-refractivity contribution in [2.24, 2.45) is 0 Å². The van der Waals surface area contributed by atoms with Gasteiger partial charge in [0, 0.05) is 16.8 Å². The second-order valence-electron chi connectivity index (χ2n) is 6.98. The number of Topliss-reactive ketones (excluding diaryl/α,β-unsaturated/α-hetero) is 1. The molecule has 150 valence electrons. The maximum atomic E-state index is 14.8. The number of fused-ring (bicyclic) bond motifs is 5. The molecule has 8 heteroatoms. The van der Waals surface area contributed by atoms with E-state index in [1.54, 1.807) is 36.4 Å². The van der Waals surface area contributed by atoms with E-state index in [0.717, 1.165) is 16.7 Å². The Morgan fingerprint density at radius 1 is 0.900 bits per heavy atom. The summed E-state index contributed by atoms with van der Waals surface area (Å²) in [7, 11) is 0. The molecule has 5 rings (SSSR count). The molecule has 1 unspecified atom stereocenters. The van der Waals surface area contributed by atoms with Gasteiger partial charge in [0.15, 0.2) is 0 Å². The Bertz CT molecular complexity index is 1300. The van der Waals surface area contributed by atoms with Crippen molar-refractivity contribution in [1.29, 1.82) is 0 Å². The van der Waals surface area contributed by atoms with E-state index in [0.29, 0.717) is 5.52 Å². The highest BCUT2D eigenvalue weighted by atomic mass is 19.4. The van der Waals surface area contributed by atoms with Crippen molar-refractivity contribution in [2.45, 2.75) is 11.8 Å². The number of nitrogens with zero attached hydrogens (tertiary/aromatic N) is 2. The van der Waals surface area contributed by atoms with Crippen molar-refractivity contribution >= 4 is 22.5 Å². The molecule has 0 aliphatic carbocycles. The highest BCUT2D eigenvalue weighted by Gasteiger charge is 2.65. The fourth-order valence-electron chi connectivity index (χ4n) is 3.91. The lowest BCUT2D eigenvalue weighted by molar-refractivity contribution is -0.186. The average molecular weight is 411 g/mol. The first kappa shape index (κ1) is 18.4. The van der Waals surface area contributed by atoms with Crippen LogP contribution >= 0.6 is 0 Å². The van der Waals surface area contributed by atoms with Gasteiger partial charge in [-0.3, -0.25) is 9.36 Å². The second kappa shape index (κ2) is 6.16. The zero-order valence-electron chi connectivity index (χ0n) is 15.2. The number of imidazole rings is 1. The van der Waals surface area contributed by atoms with Crippen LogP contribution in [-0.2, 0) is 5.66 Å². The number of hydrogen-bond donors (Lipinski definition) is 1. The number of alkyl halides is 3. The molecule has 4 aromatic rings. The first-order valence-corrected chi connectivity index (χ1v) is 9.05. The largest absolute Gasteiger partial charge is 0.438 e. The molecule has 4 nitrogen and oxygen atoms in total. The van der Waals surface area contributed by atoms with Crippen LogP contribution in [0.4, 0.5) is 23.2 Å². The van der Waals surface area contributed by atoms with Gasteiger partial charge in [0.05, 0.1) is 11.0 Å². The minimum absolute atomic E-state index is 0.0634. The van der Waals surface area contributed by atoms with E-state index in [4.69, 9.17) is 0 Å². The van der Waals surface area contributed by atoms with Crippen LogP contribution in [-0.4, -0.2) is 21.5 Å². The number of carbonyl (C=O) groups is 1. The van der Waals surface area contributed by atoms with E-state index in [9.17, 15) is 22.4 Å². The van der Waals surface area contributed by atoms with E-state index >= 15 is 0 Å². The minimum Gasteiger partial charge on any atom is -0.348 e. The molecular weight excluding hydrogens is 398 g/mol. The maximum absolute atomic E-state index is 14.8. The predicted octanol–water partition coefficient (Wildman–Crippen LogP) is 5.37. The Balaban J connectivity index is 1.92. The standard InChI is InChI=1S/C22H13F4N3O/c23-13-10-11-15-16(12-13)19(30)21(22(24,25)26,28-14-6-2-1-3-7-14)29-18-9-5-4-8-17(18)27-20(15)29/h1-12,28H. The summed E-state index contributed by atoms with van der Waals surface area (Å²) in [6.07, 6.45) is -5.07. The van der Waals surface area contributed by atoms with E-state index in [1.807, 2.05) is 0 Å². The topological polar surface area (TPSA) is 46.9 Å². The van der Waals surface area contributed by atoms with Crippen molar-refractivity contribution in [1.82, 2.24) is 9.55 Å². The van der Waals surface area contributed by atoms with Crippen molar-refractivity contribution < 1.29 is 22.4 Å². The van der Waals surface area contributed by atoms with Crippen LogP contribution in [0.3, 0.4) is 0 Å². The highest BCUT2D eigenvalue weighted by Crippen LogP contribution is 2.48. The number of carbonyl (C=O) groups excluding carboxylic acids is 1. The first-order valence-electron chi connectivity index (χ1n) is 9.05. The molecule has 0 saturated carbocycles. The van der Waals surface area contributed by atoms with Crippen molar-refractivity contribution in [3.63, 3.8) is 0 Å². The van der Waals surface area contributed by atoms with Crippen molar-refractivity contribution in [3.05, 3.63) is 84.2 Å². The van der Waals surface area contributed by atoms with Crippen LogP contribution in [0, 0.1) is 5.82 Å². The van der Waals surface area contributed by atoms with Crippen LogP contribution in [0.1, 0.15) is 10.4 Å². The Morgan fingerprint density at radius 2 is 1.60 bits per heavy atom. The Hall–Kier alpha value is -3.68. The molecule has 2 heterocycles. The monoisotopic (exact) mass is 411 g/mol. The molecule has 0 bridgehead atoms. The predicted molar refractivity (Wildman–Crippen MR) is 104 cm³/mol. The second-order valence-corrected chi connectivity index (χ2v) is 6.98. The van der Waals surface area contributed by atoms with E-state index in [-0.39, 0.29) is 28.2 Å². The number of halogens is 4. The number of rotatable bonds is 2. The molecular formula is C22H13F4N3O. The highest BCUT2D eigenvalue weighted by molar-refractivity contribution is 6.11. The molecule has 1 N–H and O–H groups in total. The lowest BCUT2D eigenvalue weighted by atomic mass is 9.88. The van der Waals surface area contributed by atoms with Gasteiger partial charge in [-0.25, -0.2) is 9.37 Å². The average Bonchev–Trinajstić information content (AvgIpc) is 3.11. The molecule has 0 fully saturated rings.